The third-order valence-electron chi connectivity index (χ3n) is 5.54. The number of piperazine rings is 1. The molecule has 0 bridgehead atoms. The molecule has 1 unspecified atom stereocenters. The van der Waals surface area contributed by atoms with Crippen molar-refractivity contribution in [2.24, 2.45) is 0 Å². The Morgan fingerprint density at radius 1 is 1.03 bits per heavy atom. The van der Waals surface area contributed by atoms with Crippen molar-refractivity contribution in [2.45, 2.75) is 24.3 Å². The summed E-state index contributed by atoms with van der Waals surface area (Å²) >= 11 is 0. The number of aliphatic hydroxyl groups is 1. The summed E-state index contributed by atoms with van der Waals surface area (Å²) in [6, 6.07) is 17.2. The maximum atomic E-state index is 13.3. The Bertz CT molecular complexity index is 1110. The molecule has 1 aliphatic heterocycles. The minimum atomic E-state index is -3.62. The number of benzene rings is 2. The Morgan fingerprint density at radius 2 is 1.77 bits per heavy atom. The first-order valence-corrected chi connectivity index (χ1v) is 11.7. The molecule has 2 aromatic carbocycles. The number of aromatic nitrogens is 1. The van der Waals surface area contributed by atoms with Gasteiger partial charge in [0, 0.05) is 44.3 Å². The van der Waals surface area contributed by atoms with E-state index in [0.717, 1.165) is 16.5 Å². The van der Waals surface area contributed by atoms with Crippen molar-refractivity contribution >= 4 is 20.9 Å². The lowest BCUT2D eigenvalue weighted by Gasteiger charge is -2.35. The van der Waals surface area contributed by atoms with E-state index >= 15 is 0 Å². The Hall–Kier alpha value is -2.32. The first-order valence-electron chi connectivity index (χ1n) is 10.2. The van der Waals surface area contributed by atoms with Crippen LogP contribution < -0.4 is 0 Å². The van der Waals surface area contributed by atoms with E-state index < -0.39 is 16.1 Å². The van der Waals surface area contributed by atoms with Crippen LogP contribution in [-0.2, 0) is 16.4 Å². The molecular formula is C23H27N3O3S. The van der Waals surface area contributed by atoms with Crippen molar-refractivity contribution in [1.82, 2.24) is 14.2 Å². The number of hydrogen-bond donors (Lipinski definition) is 1. The first-order chi connectivity index (χ1) is 14.4. The number of fused-ring (bicyclic) bond motifs is 1. The van der Waals surface area contributed by atoms with Crippen molar-refractivity contribution < 1.29 is 13.5 Å². The monoisotopic (exact) mass is 425 g/mol. The molecule has 0 aliphatic carbocycles. The van der Waals surface area contributed by atoms with Gasteiger partial charge in [-0.1, -0.05) is 42.5 Å². The average molecular weight is 426 g/mol. The number of nitrogens with zero attached hydrogens (tertiary/aromatic N) is 3. The molecule has 1 saturated heterocycles. The average Bonchev–Trinajstić information content (AvgIpc) is 2.74. The van der Waals surface area contributed by atoms with E-state index in [4.69, 9.17) is 0 Å². The summed E-state index contributed by atoms with van der Waals surface area (Å²) in [6.45, 7) is 4.49. The highest BCUT2D eigenvalue weighted by molar-refractivity contribution is 7.89. The van der Waals surface area contributed by atoms with Gasteiger partial charge in [-0.05, 0) is 36.6 Å². The number of aliphatic hydroxyl groups excluding tert-OH is 1. The van der Waals surface area contributed by atoms with E-state index in [-0.39, 0.29) is 4.90 Å². The molecule has 158 valence electrons. The minimum Gasteiger partial charge on any atom is -0.391 e. The molecule has 0 spiro atoms. The molecule has 2 heterocycles. The highest BCUT2D eigenvalue weighted by Crippen LogP contribution is 2.25. The predicted octanol–water partition coefficient (Wildman–Crippen LogP) is 2.45. The van der Waals surface area contributed by atoms with Gasteiger partial charge >= 0.3 is 0 Å². The smallest absolute Gasteiger partial charge is 0.245 e. The van der Waals surface area contributed by atoms with Crippen molar-refractivity contribution in [3.63, 3.8) is 0 Å². The Labute approximate surface area is 177 Å². The van der Waals surface area contributed by atoms with Crippen LogP contribution in [0, 0.1) is 6.92 Å². The zero-order chi connectivity index (χ0) is 21.1. The van der Waals surface area contributed by atoms with Gasteiger partial charge in [0.1, 0.15) is 4.90 Å². The molecule has 7 heteroatoms. The number of para-hydroxylation sites is 1. The summed E-state index contributed by atoms with van der Waals surface area (Å²) in [5, 5.41) is 11.2. The van der Waals surface area contributed by atoms with Gasteiger partial charge in [0.05, 0.1) is 11.6 Å². The number of β-amino-alcohol motifs (C(OH)–C–C–N with tert-alkyl or cyclic N) is 1. The van der Waals surface area contributed by atoms with Gasteiger partial charge in [-0.25, -0.2) is 8.42 Å². The fourth-order valence-electron chi connectivity index (χ4n) is 3.99. The quantitative estimate of drug-likeness (QED) is 0.657. The molecule has 4 rings (SSSR count). The molecule has 1 aromatic heterocycles. The van der Waals surface area contributed by atoms with Gasteiger partial charge in [-0.15, -0.1) is 0 Å². The van der Waals surface area contributed by atoms with Crippen LogP contribution in [0.1, 0.15) is 11.1 Å². The maximum absolute atomic E-state index is 13.3. The normalized spacial score (nSPS) is 17.3. The fourth-order valence-corrected chi connectivity index (χ4v) is 5.58. The molecule has 0 amide bonds. The van der Waals surface area contributed by atoms with Crippen LogP contribution in [0.4, 0.5) is 0 Å². The van der Waals surface area contributed by atoms with Crippen molar-refractivity contribution in [1.29, 1.82) is 0 Å². The van der Waals surface area contributed by atoms with Crippen LogP contribution in [0.15, 0.2) is 65.7 Å². The summed E-state index contributed by atoms with van der Waals surface area (Å²) in [4.78, 5) is 6.78. The number of hydrogen-bond acceptors (Lipinski definition) is 5. The molecule has 0 radical (unpaired) electrons. The predicted molar refractivity (Wildman–Crippen MR) is 118 cm³/mol. The Morgan fingerprint density at radius 3 is 2.50 bits per heavy atom. The number of sulfonamides is 1. The summed E-state index contributed by atoms with van der Waals surface area (Å²) in [7, 11) is -3.62. The summed E-state index contributed by atoms with van der Waals surface area (Å²) in [5.74, 6) is 0. The number of rotatable bonds is 6. The second-order valence-electron chi connectivity index (χ2n) is 7.89. The van der Waals surface area contributed by atoms with E-state index in [2.05, 4.69) is 9.88 Å². The summed E-state index contributed by atoms with van der Waals surface area (Å²) in [5.41, 5.74) is 2.62. The van der Waals surface area contributed by atoms with E-state index in [1.807, 2.05) is 49.4 Å². The van der Waals surface area contributed by atoms with Crippen LogP contribution in [0.5, 0.6) is 0 Å². The van der Waals surface area contributed by atoms with Crippen molar-refractivity contribution in [3.05, 3.63) is 71.9 Å². The standard InChI is InChI=1S/C23H27N3O3S/c1-18-14-20-8-5-9-22(23(20)24-16-18)30(28,29)26-12-10-25(11-13-26)17-21(27)15-19-6-3-2-4-7-19/h2-9,14,16,21,27H,10-13,15,17H2,1H3. The SMILES string of the molecule is Cc1cnc2c(S(=O)(=O)N3CCN(CC(O)Cc4ccccc4)CC3)cccc2c1. The number of pyridine rings is 1. The van der Waals surface area contributed by atoms with Crippen molar-refractivity contribution in [3.8, 4) is 0 Å². The van der Waals surface area contributed by atoms with Gasteiger partial charge in [0.15, 0.2) is 0 Å². The van der Waals surface area contributed by atoms with E-state index in [9.17, 15) is 13.5 Å². The Balaban J connectivity index is 1.41. The largest absolute Gasteiger partial charge is 0.391 e. The van der Waals surface area contributed by atoms with E-state index in [1.54, 1.807) is 18.3 Å². The van der Waals surface area contributed by atoms with Gasteiger partial charge in [0.25, 0.3) is 0 Å². The molecule has 1 fully saturated rings. The molecule has 1 atom stereocenters. The van der Waals surface area contributed by atoms with Gasteiger partial charge in [-0.3, -0.25) is 9.88 Å². The van der Waals surface area contributed by atoms with Gasteiger partial charge < -0.3 is 5.11 Å². The third kappa shape index (κ3) is 4.54. The Kier molecular flexibility index (Phi) is 6.15. The molecule has 3 aromatic rings. The topological polar surface area (TPSA) is 73.7 Å². The van der Waals surface area contributed by atoms with E-state index in [1.165, 1.54) is 4.31 Å². The second kappa shape index (κ2) is 8.81. The molecule has 0 saturated carbocycles. The number of aryl methyl sites for hydroxylation is 1. The van der Waals surface area contributed by atoms with Crippen LogP contribution in [0.25, 0.3) is 10.9 Å². The maximum Gasteiger partial charge on any atom is 0.245 e. The van der Waals surface area contributed by atoms with Gasteiger partial charge in [0.2, 0.25) is 10.0 Å². The first kappa shape index (κ1) is 20.9. The van der Waals surface area contributed by atoms with Gasteiger partial charge in [-0.2, -0.15) is 4.31 Å². The fraction of sp³-hybridized carbons (Fsp3) is 0.348. The second-order valence-corrected chi connectivity index (χ2v) is 9.80. The third-order valence-corrected chi connectivity index (χ3v) is 7.47. The van der Waals surface area contributed by atoms with Crippen LogP contribution >= 0.6 is 0 Å². The lowest BCUT2D eigenvalue weighted by molar-refractivity contribution is 0.0922. The zero-order valence-corrected chi connectivity index (χ0v) is 17.9. The molecule has 1 aliphatic rings. The summed E-state index contributed by atoms with van der Waals surface area (Å²) in [6.07, 6.45) is 1.83. The van der Waals surface area contributed by atoms with Crippen LogP contribution in [0.2, 0.25) is 0 Å². The van der Waals surface area contributed by atoms with Crippen molar-refractivity contribution in [2.75, 3.05) is 32.7 Å². The van der Waals surface area contributed by atoms with E-state index in [0.29, 0.717) is 44.7 Å². The summed E-state index contributed by atoms with van der Waals surface area (Å²) < 4.78 is 28.1. The van der Waals surface area contributed by atoms with Crippen LogP contribution in [0.3, 0.4) is 0 Å². The molecule has 30 heavy (non-hydrogen) atoms. The molecule has 6 nitrogen and oxygen atoms in total. The zero-order valence-electron chi connectivity index (χ0n) is 17.1. The lowest BCUT2D eigenvalue weighted by Crippen LogP contribution is -2.50. The lowest BCUT2D eigenvalue weighted by atomic mass is 10.1. The van der Waals surface area contributed by atoms with Crippen LogP contribution in [-0.4, -0.2) is 66.5 Å². The highest BCUT2D eigenvalue weighted by atomic mass is 32.2. The highest BCUT2D eigenvalue weighted by Gasteiger charge is 2.30. The minimum absolute atomic E-state index is 0.262. The molecular weight excluding hydrogens is 398 g/mol. The molecule has 1 N–H and O–H groups in total.